The van der Waals surface area contributed by atoms with Gasteiger partial charge in [0.2, 0.25) is 0 Å². The smallest absolute Gasteiger partial charge is 0.0628 e. The highest BCUT2D eigenvalue weighted by Crippen LogP contribution is 2.08. The first-order valence-electron chi connectivity index (χ1n) is 7.94. The van der Waals surface area contributed by atoms with Gasteiger partial charge in [0.15, 0.2) is 0 Å². The quantitative estimate of drug-likeness (QED) is 0.605. The first-order chi connectivity index (χ1) is 10.9. The Morgan fingerprint density at radius 1 is 0.545 bits per heavy atom. The van der Waals surface area contributed by atoms with Gasteiger partial charge in [-0.3, -0.25) is 0 Å². The van der Waals surface area contributed by atoms with Crippen molar-refractivity contribution < 1.29 is 0 Å². The summed E-state index contributed by atoms with van der Waals surface area (Å²) in [5.74, 6) is 0. The molecule has 3 aromatic rings. The van der Waals surface area contributed by atoms with Crippen LogP contribution in [0.25, 0.3) is 0 Å². The van der Waals surface area contributed by atoms with Crippen LogP contribution in [0.5, 0.6) is 0 Å². The van der Waals surface area contributed by atoms with Crippen molar-refractivity contribution in [3.63, 3.8) is 0 Å². The first-order valence-corrected chi connectivity index (χ1v) is 9.65. The third-order valence-corrected chi connectivity index (χ3v) is 6.89. The van der Waals surface area contributed by atoms with Crippen LogP contribution in [-0.4, -0.2) is 8.80 Å². The summed E-state index contributed by atoms with van der Waals surface area (Å²) in [6, 6.07) is 34.2. The van der Waals surface area contributed by atoms with E-state index in [2.05, 4.69) is 91.0 Å². The van der Waals surface area contributed by atoms with Crippen LogP contribution in [0, 0.1) is 0 Å². The van der Waals surface area contributed by atoms with Gasteiger partial charge in [0, 0.05) is 0 Å². The lowest BCUT2D eigenvalue weighted by molar-refractivity contribution is 0.913. The lowest BCUT2D eigenvalue weighted by Gasteiger charge is -2.16. The predicted molar refractivity (Wildman–Crippen MR) is 97.5 cm³/mol. The number of benzene rings is 3. The molecule has 0 fully saturated rings. The van der Waals surface area contributed by atoms with Crippen molar-refractivity contribution in [2.75, 3.05) is 0 Å². The van der Waals surface area contributed by atoms with E-state index in [1.807, 2.05) is 0 Å². The Balaban J connectivity index is 1.72. The number of hydrogen-bond donors (Lipinski definition) is 0. The molecule has 109 valence electrons. The second-order valence-corrected chi connectivity index (χ2v) is 8.16. The second kappa shape index (κ2) is 7.76. The van der Waals surface area contributed by atoms with Crippen LogP contribution in [0.4, 0.5) is 0 Å². The third kappa shape index (κ3) is 3.96. The van der Waals surface area contributed by atoms with Gasteiger partial charge in [-0.25, -0.2) is 0 Å². The van der Waals surface area contributed by atoms with Crippen LogP contribution >= 0.6 is 0 Å². The molecule has 0 bridgehead atoms. The van der Waals surface area contributed by atoms with Gasteiger partial charge < -0.3 is 0 Å². The molecule has 0 N–H and O–H groups in total. The van der Waals surface area contributed by atoms with E-state index in [1.165, 1.54) is 34.8 Å². The van der Waals surface area contributed by atoms with Crippen LogP contribution in [0.2, 0.25) is 6.04 Å². The Kier molecular flexibility index (Phi) is 5.22. The molecule has 22 heavy (non-hydrogen) atoms. The van der Waals surface area contributed by atoms with Crippen molar-refractivity contribution in [3.05, 3.63) is 96.6 Å². The second-order valence-electron chi connectivity index (χ2n) is 5.55. The summed E-state index contributed by atoms with van der Waals surface area (Å²) in [6.45, 7) is 0. The minimum atomic E-state index is -0.669. The van der Waals surface area contributed by atoms with E-state index in [1.54, 1.807) is 0 Å². The predicted octanol–water partition coefficient (Wildman–Crippen LogP) is 3.93. The summed E-state index contributed by atoms with van der Waals surface area (Å²) < 4.78 is 0. The molecule has 0 aliphatic heterocycles. The Hall–Kier alpha value is -2.12. The Bertz CT molecular complexity index is 623. The van der Waals surface area contributed by atoms with Crippen molar-refractivity contribution in [3.8, 4) is 0 Å². The molecule has 1 radical (unpaired) electrons. The standard InChI is InChI=1S/C21H21Si/c1-4-11-19(12-5-1)13-10-18-22(20-14-6-2-7-15-20)21-16-8-3-9-17-21/h1-9,11-12,14-17H,10,13,18H2. The average molecular weight is 301 g/mol. The minimum Gasteiger partial charge on any atom is -0.0628 e. The van der Waals surface area contributed by atoms with Gasteiger partial charge in [0.1, 0.15) is 8.80 Å². The van der Waals surface area contributed by atoms with Crippen LogP contribution in [0.3, 0.4) is 0 Å². The fourth-order valence-corrected chi connectivity index (χ4v) is 5.48. The number of aryl methyl sites for hydroxylation is 1. The molecule has 0 aliphatic carbocycles. The van der Waals surface area contributed by atoms with Gasteiger partial charge >= 0.3 is 0 Å². The van der Waals surface area contributed by atoms with Crippen molar-refractivity contribution in [2.45, 2.75) is 18.9 Å². The highest BCUT2D eigenvalue weighted by atomic mass is 28.3. The van der Waals surface area contributed by atoms with E-state index >= 15 is 0 Å². The molecular weight excluding hydrogens is 280 g/mol. The molecule has 1 heteroatoms. The van der Waals surface area contributed by atoms with Gasteiger partial charge in [-0.2, -0.15) is 0 Å². The number of hydrogen-bond acceptors (Lipinski definition) is 0. The molecule has 0 aromatic heterocycles. The summed E-state index contributed by atoms with van der Waals surface area (Å²) in [5, 5.41) is 3.04. The fourth-order valence-electron chi connectivity index (χ4n) is 2.85. The van der Waals surface area contributed by atoms with Gasteiger partial charge in [-0.15, -0.1) is 0 Å². The molecule has 0 unspecified atom stereocenters. The molecule has 0 aliphatic rings. The SMILES string of the molecule is c1ccc(CCC[Si](c2ccccc2)c2ccccc2)cc1. The molecule has 0 heterocycles. The maximum atomic E-state index is 2.30. The van der Waals surface area contributed by atoms with Gasteiger partial charge in [0.25, 0.3) is 0 Å². The average Bonchev–Trinajstić information content (AvgIpc) is 2.61. The molecular formula is C21H21Si. The lowest BCUT2D eigenvalue weighted by atomic mass is 10.1. The summed E-state index contributed by atoms with van der Waals surface area (Å²) >= 11 is 0. The minimum absolute atomic E-state index is 0.669. The zero-order valence-corrected chi connectivity index (χ0v) is 13.8. The lowest BCUT2D eigenvalue weighted by Crippen LogP contribution is -2.41. The fraction of sp³-hybridized carbons (Fsp3) is 0.143. The Labute approximate surface area is 135 Å². The number of rotatable bonds is 6. The zero-order chi connectivity index (χ0) is 15.0. The van der Waals surface area contributed by atoms with Gasteiger partial charge in [0.05, 0.1) is 0 Å². The van der Waals surface area contributed by atoms with Crippen LogP contribution in [0.15, 0.2) is 91.0 Å². The zero-order valence-electron chi connectivity index (χ0n) is 12.8. The van der Waals surface area contributed by atoms with Crippen LogP contribution < -0.4 is 10.4 Å². The molecule has 0 spiro atoms. The van der Waals surface area contributed by atoms with Gasteiger partial charge in [-0.05, 0) is 12.0 Å². The van der Waals surface area contributed by atoms with Crippen molar-refractivity contribution in [1.82, 2.24) is 0 Å². The van der Waals surface area contributed by atoms with E-state index in [-0.39, 0.29) is 0 Å². The third-order valence-electron chi connectivity index (χ3n) is 3.98. The normalized spacial score (nSPS) is 10.8. The molecule has 0 atom stereocenters. The summed E-state index contributed by atoms with van der Waals surface area (Å²) in [5.41, 5.74) is 1.45. The molecule has 3 rings (SSSR count). The first kappa shape index (κ1) is 14.8. The molecule has 0 saturated heterocycles. The van der Waals surface area contributed by atoms with E-state index in [9.17, 15) is 0 Å². The summed E-state index contributed by atoms with van der Waals surface area (Å²) in [6.07, 6.45) is 2.43. The maximum Gasteiger partial charge on any atom is 0.121 e. The van der Waals surface area contributed by atoms with E-state index < -0.39 is 8.80 Å². The molecule has 3 aromatic carbocycles. The highest BCUT2D eigenvalue weighted by Gasteiger charge is 2.15. The van der Waals surface area contributed by atoms with Crippen molar-refractivity contribution >= 4 is 19.2 Å². The summed E-state index contributed by atoms with van der Waals surface area (Å²) in [4.78, 5) is 0. The van der Waals surface area contributed by atoms with Crippen LogP contribution in [-0.2, 0) is 6.42 Å². The molecule has 0 nitrogen and oxygen atoms in total. The maximum absolute atomic E-state index is 2.30. The van der Waals surface area contributed by atoms with Crippen LogP contribution in [0.1, 0.15) is 12.0 Å². The Morgan fingerprint density at radius 3 is 1.50 bits per heavy atom. The van der Waals surface area contributed by atoms with E-state index in [0.29, 0.717) is 0 Å². The van der Waals surface area contributed by atoms with E-state index in [4.69, 9.17) is 0 Å². The van der Waals surface area contributed by atoms with E-state index in [0.717, 1.165) is 0 Å². The topological polar surface area (TPSA) is 0 Å². The monoisotopic (exact) mass is 301 g/mol. The van der Waals surface area contributed by atoms with Crippen molar-refractivity contribution in [2.24, 2.45) is 0 Å². The Morgan fingerprint density at radius 2 is 1.00 bits per heavy atom. The molecule has 0 saturated carbocycles. The summed E-state index contributed by atoms with van der Waals surface area (Å²) in [7, 11) is -0.669. The van der Waals surface area contributed by atoms with Crippen molar-refractivity contribution in [1.29, 1.82) is 0 Å². The highest BCUT2D eigenvalue weighted by molar-refractivity contribution is 6.85. The largest absolute Gasteiger partial charge is 0.121 e. The molecule has 0 amide bonds. The van der Waals surface area contributed by atoms with Gasteiger partial charge in [-0.1, -0.05) is 114 Å².